The zero-order chi connectivity index (χ0) is 9.42. The Hall–Kier alpha value is 0.220. The molecule has 2 nitrogen and oxygen atoms in total. The van der Waals surface area contributed by atoms with Crippen molar-refractivity contribution in [2.75, 3.05) is 0 Å². The average molecular weight is 238 g/mol. The summed E-state index contributed by atoms with van der Waals surface area (Å²) < 4.78 is 34.9. The molecule has 1 atom stereocenters. The molecule has 0 N–H and O–H groups in total. The minimum Gasteiger partial charge on any atom is -0.768 e. The maximum absolute atomic E-state index is 12.8. The van der Waals surface area contributed by atoms with Crippen LogP contribution in [0.4, 0.5) is 4.39 Å². The van der Waals surface area contributed by atoms with Crippen LogP contribution in [0.1, 0.15) is 0 Å². The Morgan fingerprint density at radius 3 is 2.79 bits per heavy atom. The van der Waals surface area contributed by atoms with Gasteiger partial charge < -0.3 is 4.55 Å². The Balaban J connectivity index is 0.000000980. The van der Waals surface area contributed by atoms with Crippen molar-refractivity contribution in [3.05, 3.63) is 29.4 Å². The first-order valence-electron chi connectivity index (χ1n) is 3.44. The second-order valence-corrected chi connectivity index (χ2v) is 4.30. The molecule has 2 aromatic rings. The number of rotatable bonds is 1. The minimum absolute atomic E-state index is 0. The predicted molar refractivity (Wildman–Crippen MR) is 49.0 cm³/mol. The Labute approximate surface area is 109 Å². The van der Waals surface area contributed by atoms with Gasteiger partial charge in [-0.1, -0.05) is 0 Å². The number of benzene rings is 1. The van der Waals surface area contributed by atoms with Crippen molar-refractivity contribution < 1.29 is 42.7 Å². The summed E-state index contributed by atoms with van der Waals surface area (Å²) in [6.07, 6.45) is 0. The van der Waals surface area contributed by atoms with Gasteiger partial charge in [0.2, 0.25) is 0 Å². The van der Waals surface area contributed by atoms with Gasteiger partial charge >= 0.3 is 29.6 Å². The fourth-order valence-electron chi connectivity index (χ4n) is 1.11. The zero-order valence-corrected chi connectivity index (χ0v) is 11.0. The van der Waals surface area contributed by atoms with Gasteiger partial charge in [-0.15, -0.1) is 11.3 Å². The molecule has 6 heteroatoms. The molecule has 1 unspecified atom stereocenters. The number of thiophene rings is 1. The minimum atomic E-state index is -2.29. The first-order chi connectivity index (χ1) is 6.18. The van der Waals surface area contributed by atoms with Crippen LogP contribution in [0.3, 0.4) is 0 Å². The van der Waals surface area contributed by atoms with Crippen LogP contribution in [-0.4, -0.2) is 8.76 Å². The smallest absolute Gasteiger partial charge is 0.768 e. The largest absolute Gasteiger partial charge is 1.00 e. The second kappa shape index (κ2) is 4.83. The normalized spacial score (nSPS) is 12.4. The predicted octanol–water partition coefficient (Wildman–Crippen LogP) is -0.718. The summed E-state index contributed by atoms with van der Waals surface area (Å²) in [6, 6.07) is 4.12. The van der Waals surface area contributed by atoms with Crippen molar-refractivity contribution in [1.29, 1.82) is 0 Å². The molecule has 2 rings (SSSR count). The molecule has 0 aliphatic rings. The van der Waals surface area contributed by atoms with Crippen LogP contribution in [-0.2, 0) is 11.1 Å². The van der Waals surface area contributed by atoms with Crippen LogP contribution in [0.2, 0.25) is 0 Å². The Kier molecular flexibility index (Phi) is 4.24. The van der Waals surface area contributed by atoms with Crippen LogP contribution in [0.5, 0.6) is 0 Å². The summed E-state index contributed by atoms with van der Waals surface area (Å²) in [4.78, 5) is 0.166. The molecule has 0 fully saturated rings. The summed E-state index contributed by atoms with van der Waals surface area (Å²) >= 11 is -0.996. The molecule has 1 aromatic heterocycles. The van der Waals surface area contributed by atoms with Crippen molar-refractivity contribution in [2.24, 2.45) is 0 Å². The van der Waals surface area contributed by atoms with E-state index in [2.05, 4.69) is 0 Å². The number of hydrogen-bond donors (Lipinski definition) is 0. The molecule has 14 heavy (non-hydrogen) atoms. The van der Waals surface area contributed by atoms with E-state index in [1.54, 1.807) is 6.07 Å². The number of hydrogen-bond acceptors (Lipinski definition) is 3. The second-order valence-electron chi connectivity index (χ2n) is 2.48. The molecule has 68 valence electrons. The zero-order valence-electron chi connectivity index (χ0n) is 7.32. The molecule has 1 heterocycles. The monoisotopic (exact) mass is 238 g/mol. The summed E-state index contributed by atoms with van der Waals surface area (Å²) in [5.41, 5.74) is 0. The van der Waals surface area contributed by atoms with Gasteiger partial charge in [0.25, 0.3) is 0 Å². The van der Waals surface area contributed by atoms with Gasteiger partial charge in [0.15, 0.2) is 0 Å². The molecule has 0 bridgehead atoms. The molecule has 0 saturated carbocycles. The molecular weight excluding hydrogens is 234 g/mol. The van der Waals surface area contributed by atoms with E-state index in [9.17, 15) is 13.2 Å². The van der Waals surface area contributed by atoms with Gasteiger partial charge in [0.05, 0.1) is 0 Å². The van der Waals surface area contributed by atoms with E-state index < -0.39 is 16.9 Å². The quantitative estimate of drug-likeness (QED) is 0.486. The van der Waals surface area contributed by atoms with E-state index in [-0.39, 0.29) is 34.5 Å². The van der Waals surface area contributed by atoms with Crippen molar-refractivity contribution in [1.82, 2.24) is 0 Å². The average Bonchev–Trinajstić information content (AvgIpc) is 2.46. The summed E-state index contributed by atoms with van der Waals surface area (Å²) in [7, 11) is 0. The molecule has 0 aliphatic heterocycles. The maximum Gasteiger partial charge on any atom is 1.00 e. The van der Waals surface area contributed by atoms with E-state index >= 15 is 0 Å². The van der Waals surface area contributed by atoms with Gasteiger partial charge in [-0.05, 0) is 29.3 Å². The maximum atomic E-state index is 12.8. The first-order valence-corrected chi connectivity index (χ1v) is 5.40. The van der Waals surface area contributed by atoms with Gasteiger partial charge in [-0.25, -0.2) is 4.39 Å². The molecule has 1 aromatic carbocycles. The fourth-order valence-corrected chi connectivity index (χ4v) is 2.78. The fraction of sp³-hybridized carbons (Fsp3) is 0. The van der Waals surface area contributed by atoms with Gasteiger partial charge in [0.1, 0.15) is 5.82 Å². The van der Waals surface area contributed by atoms with E-state index in [1.165, 1.54) is 28.8 Å². The Morgan fingerprint density at radius 1 is 1.43 bits per heavy atom. The van der Waals surface area contributed by atoms with Gasteiger partial charge in [-0.2, -0.15) is 0 Å². The third-order valence-corrected chi connectivity index (χ3v) is 3.49. The Bertz CT molecular complexity index is 483. The van der Waals surface area contributed by atoms with Crippen molar-refractivity contribution in [3.63, 3.8) is 0 Å². The van der Waals surface area contributed by atoms with Crippen LogP contribution in [0, 0.1) is 5.82 Å². The first kappa shape index (κ1) is 12.3. The van der Waals surface area contributed by atoms with E-state index in [1.807, 2.05) is 0 Å². The summed E-state index contributed by atoms with van der Waals surface area (Å²) in [5.74, 6) is -0.419. The molecule has 0 radical (unpaired) electrons. The van der Waals surface area contributed by atoms with Gasteiger partial charge in [-0.3, -0.25) is 4.21 Å². The summed E-state index contributed by atoms with van der Waals surface area (Å²) in [6.45, 7) is 0. The molecule has 0 aliphatic carbocycles. The number of halogens is 1. The van der Waals surface area contributed by atoms with E-state index in [0.717, 1.165) is 4.70 Å². The Morgan fingerprint density at radius 2 is 2.14 bits per heavy atom. The SMILES string of the molecule is O=S([O-])c1csc2ccc(F)cc12.[Na+]. The third-order valence-electron chi connectivity index (χ3n) is 1.68. The topological polar surface area (TPSA) is 40.1 Å². The van der Waals surface area contributed by atoms with Crippen molar-refractivity contribution in [3.8, 4) is 0 Å². The van der Waals surface area contributed by atoms with Crippen molar-refractivity contribution in [2.45, 2.75) is 4.90 Å². The van der Waals surface area contributed by atoms with Crippen molar-refractivity contribution >= 4 is 32.5 Å². The molecule has 0 amide bonds. The van der Waals surface area contributed by atoms with Crippen LogP contribution in [0.25, 0.3) is 10.1 Å². The van der Waals surface area contributed by atoms with E-state index in [4.69, 9.17) is 0 Å². The van der Waals surface area contributed by atoms with Crippen LogP contribution in [0.15, 0.2) is 28.5 Å². The molecule has 0 spiro atoms. The number of fused-ring (bicyclic) bond motifs is 1. The molecule has 0 saturated heterocycles. The third kappa shape index (κ3) is 2.24. The van der Waals surface area contributed by atoms with E-state index in [0.29, 0.717) is 5.39 Å². The standard InChI is InChI=1S/C8H5FO2S2.Na/c9-5-1-2-7-6(3-5)8(4-12-7)13(10)11;/h1-4H,(H,10,11);/q;+1/p-1. The van der Waals surface area contributed by atoms with Crippen LogP contribution < -0.4 is 29.6 Å². The van der Waals surface area contributed by atoms with Crippen LogP contribution >= 0.6 is 11.3 Å². The molecular formula is C8H4FNaO2S2. The van der Waals surface area contributed by atoms with Gasteiger partial charge in [0, 0.05) is 20.4 Å². The summed E-state index contributed by atoms with van der Waals surface area (Å²) in [5, 5.41) is 1.96.